The first-order valence-electron chi connectivity index (χ1n) is 3.34. The maximum Gasteiger partial charge on any atom is 0.137 e. The molecule has 1 amide bonds. The van der Waals surface area contributed by atoms with Crippen LogP contribution in [0.5, 0.6) is 0 Å². The smallest absolute Gasteiger partial charge is 0.137 e. The number of hydrogen-bond donors (Lipinski definition) is 1. The molecule has 1 atom stereocenters. The van der Waals surface area contributed by atoms with Crippen molar-refractivity contribution in [2.45, 2.75) is 18.9 Å². The fourth-order valence-electron chi connectivity index (χ4n) is 1.27. The van der Waals surface area contributed by atoms with Gasteiger partial charge >= 0.3 is 0 Å². The number of carboxylic acid groups (broad SMARTS) is 1. The van der Waals surface area contributed by atoms with Gasteiger partial charge in [0, 0.05) is 6.54 Å². The molecule has 1 rings (SSSR count). The number of nitrogens with zero attached hydrogens (tertiary/aromatic N) is 1. The highest BCUT2D eigenvalue weighted by atomic mass is 16.4. The van der Waals surface area contributed by atoms with E-state index in [1.54, 1.807) is 0 Å². The van der Waals surface area contributed by atoms with E-state index in [-0.39, 0.29) is 12.6 Å². The molecule has 1 aliphatic rings. The van der Waals surface area contributed by atoms with Gasteiger partial charge in [0.2, 0.25) is 0 Å². The third-order valence-corrected chi connectivity index (χ3v) is 1.82. The van der Waals surface area contributed by atoms with Crippen LogP contribution in [0.1, 0.15) is 12.8 Å². The van der Waals surface area contributed by atoms with Crippen LogP contribution in [0.15, 0.2) is 0 Å². The van der Waals surface area contributed by atoms with Crippen molar-refractivity contribution in [2.75, 3.05) is 13.2 Å². The Hall–Kier alpha value is -0.770. The van der Waals surface area contributed by atoms with Crippen molar-refractivity contribution < 1.29 is 15.0 Å². The molecule has 1 saturated heterocycles. The van der Waals surface area contributed by atoms with Crippen molar-refractivity contribution in [1.29, 1.82) is 0 Å². The first kappa shape index (κ1) is 7.34. The number of carbonyl (C=O) groups is 1. The molecule has 0 bridgehead atoms. The molecule has 58 valence electrons. The molecule has 1 aliphatic heterocycles. The van der Waals surface area contributed by atoms with Crippen molar-refractivity contribution in [3.8, 4) is 0 Å². The molecular formula is C6H10NO3-. The minimum absolute atomic E-state index is 0.0893. The lowest BCUT2D eigenvalue weighted by Gasteiger charge is -2.24. The summed E-state index contributed by atoms with van der Waals surface area (Å²) in [4.78, 5) is 11.5. The van der Waals surface area contributed by atoms with Crippen LogP contribution >= 0.6 is 0 Å². The Morgan fingerprint density at radius 2 is 2.50 bits per heavy atom. The summed E-state index contributed by atoms with van der Waals surface area (Å²) in [5.41, 5.74) is 0. The van der Waals surface area contributed by atoms with Crippen LogP contribution in [-0.4, -0.2) is 35.3 Å². The summed E-state index contributed by atoms with van der Waals surface area (Å²) in [6, 6.07) is -0.218. The van der Waals surface area contributed by atoms with Gasteiger partial charge in [-0.3, -0.25) is 0 Å². The number of rotatable bonds is 1. The third kappa shape index (κ3) is 1.21. The minimum atomic E-state index is -1.17. The fourth-order valence-corrected chi connectivity index (χ4v) is 1.27. The van der Waals surface area contributed by atoms with Gasteiger partial charge in [0.05, 0.1) is 12.6 Å². The number of likely N-dealkylation sites (tertiary alicyclic amines) is 1. The van der Waals surface area contributed by atoms with Crippen LogP contribution in [-0.2, 0) is 0 Å². The molecule has 10 heavy (non-hydrogen) atoms. The first-order valence-corrected chi connectivity index (χ1v) is 3.34. The van der Waals surface area contributed by atoms with Crippen LogP contribution in [0.25, 0.3) is 0 Å². The van der Waals surface area contributed by atoms with Gasteiger partial charge in [-0.1, -0.05) is 0 Å². The lowest BCUT2D eigenvalue weighted by atomic mass is 10.2. The Bertz CT molecular complexity index is 137. The second-order valence-electron chi connectivity index (χ2n) is 2.44. The molecule has 0 radical (unpaired) electrons. The SMILES string of the molecule is O=C([O-])N1CCC[C@@H]1CO. The highest BCUT2D eigenvalue weighted by Crippen LogP contribution is 2.15. The summed E-state index contributed by atoms with van der Waals surface area (Å²) < 4.78 is 0. The van der Waals surface area contributed by atoms with E-state index in [9.17, 15) is 9.90 Å². The van der Waals surface area contributed by atoms with Crippen LogP contribution in [0, 0.1) is 0 Å². The predicted molar refractivity (Wildman–Crippen MR) is 32.2 cm³/mol. The summed E-state index contributed by atoms with van der Waals surface area (Å²) in [5.74, 6) is 0. The fraction of sp³-hybridized carbons (Fsp3) is 0.833. The molecule has 1 N–H and O–H groups in total. The highest BCUT2D eigenvalue weighted by Gasteiger charge is 2.22. The standard InChI is InChI=1S/C6H11NO3/c8-4-5-2-1-3-7(5)6(9)10/h5,8H,1-4H2,(H,9,10)/p-1/t5-/m1/s1. The Morgan fingerprint density at radius 1 is 1.80 bits per heavy atom. The van der Waals surface area contributed by atoms with E-state index in [2.05, 4.69) is 0 Å². The van der Waals surface area contributed by atoms with Gasteiger partial charge in [0.1, 0.15) is 6.09 Å². The van der Waals surface area contributed by atoms with Gasteiger partial charge < -0.3 is 19.9 Å². The van der Waals surface area contributed by atoms with Gasteiger partial charge in [-0.2, -0.15) is 0 Å². The molecule has 0 saturated carbocycles. The Kier molecular flexibility index (Phi) is 2.11. The van der Waals surface area contributed by atoms with E-state index in [4.69, 9.17) is 5.11 Å². The van der Waals surface area contributed by atoms with Crippen LogP contribution in [0.4, 0.5) is 4.79 Å². The maximum atomic E-state index is 10.3. The third-order valence-electron chi connectivity index (χ3n) is 1.82. The van der Waals surface area contributed by atoms with Crippen LogP contribution in [0.3, 0.4) is 0 Å². The quantitative estimate of drug-likeness (QED) is 0.502. The second-order valence-corrected chi connectivity index (χ2v) is 2.44. The van der Waals surface area contributed by atoms with Gasteiger partial charge in [-0.05, 0) is 12.8 Å². The van der Waals surface area contributed by atoms with E-state index in [1.165, 1.54) is 4.90 Å². The van der Waals surface area contributed by atoms with Crippen molar-refractivity contribution >= 4 is 6.09 Å². The molecule has 0 unspecified atom stereocenters. The highest BCUT2D eigenvalue weighted by molar-refractivity contribution is 5.63. The summed E-state index contributed by atoms with van der Waals surface area (Å²) >= 11 is 0. The maximum absolute atomic E-state index is 10.3. The van der Waals surface area contributed by atoms with Crippen LogP contribution in [0.2, 0.25) is 0 Å². The van der Waals surface area contributed by atoms with Gasteiger partial charge in [-0.15, -0.1) is 0 Å². The molecule has 0 aromatic heterocycles. The van der Waals surface area contributed by atoms with E-state index in [1.807, 2.05) is 0 Å². The largest absolute Gasteiger partial charge is 0.530 e. The van der Waals surface area contributed by atoms with Gasteiger partial charge in [0.15, 0.2) is 0 Å². The Morgan fingerprint density at radius 3 is 2.90 bits per heavy atom. The summed E-state index contributed by atoms with van der Waals surface area (Å²) in [5, 5.41) is 18.9. The topological polar surface area (TPSA) is 63.6 Å². The molecule has 0 aliphatic carbocycles. The van der Waals surface area contributed by atoms with E-state index in [0.29, 0.717) is 6.54 Å². The van der Waals surface area contributed by atoms with Crippen molar-refractivity contribution in [1.82, 2.24) is 4.90 Å². The summed E-state index contributed by atoms with van der Waals surface area (Å²) in [7, 11) is 0. The lowest BCUT2D eigenvalue weighted by Crippen LogP contribution is -2.45. The zero-order valence-corrected chi connectivity index (χ0v) is 5.62. The second kappa shape index (κ2) is 2.88. The van der Waals surface area contributed by atoms with E-state index in [0.717, 1.165) is 12.8 Å². The van der Waals surface area contributed by atoms with Crippen molar-refractivity contribution in [2.24, 2.45) is 0 Å². The number of aliphatic hydroxyl groups is 1. The normalized spacial score (nSPS) is 25.3. The number of hydrogen-bond acceptors (Lipinski definition) is 3. The zero-order chi connectivity index (χ0) is 7.56. The number of amides is 1. The molecule has 1 fully saturated rings. The molecule has 4 heteroatoms. The minimum Gasteiger partial charge on any atom is -0.530 e. The average Bonchev–Trinajstić information content (AvgIpc) is 2.33. The van der Waals surface area contributed by atoms with E-state index >= 15 is 0 Å². The molecule has 0 spiro atoms. The zero-order valence-electron chi connectivity index (χ0n) is 5.62. The molecule has 1 heterocycles. The first-order chi connectivity index (χ1) is 4.75. The Labute approximate surface area is 59.1 Å². The number of carbonyl (C=O) groups excluding carboxylic acids is 1. The monoisotopic (exact) mass is 144 g/mol. The summed E-state index contributed by atoms with van der Waals surface area (Å²) in [6.07, 6.45) is 0.417. The van der Waals surface area contributed by atoms with Crippen LogP contribution < -0.4 is 5.11 Å². The summed E-state index contributed by atoms with van der Waals surface area (Å²) in [6.45, 7) is 0.418. The molecular weight excluding hydrogens is 134 g/mol. The van der Waals surface area contributed by atoms with Gasteiger partial charge in [0.25, 0.3) is 0 Å². The number of aliphatic hydroxyl groups excluding tert-OH is 1. The van der Waals surface area contributed by atoms with Crippen molar-refractivity contribution in [3.63, 3.8) is 0 Å². The van der Waals surface area contributed by atoms with Crippen molar-refractivity contribution in [3.05, 3.63) is 0 Å². The predicted octanol–water partition coefficient (Wildman–Crippen LogP) is -1.21. The molecule has 0 aromatic rings. The average molecular weight is 144 g/mol. The van der Waals surface area contributed by atoms with Gasteiger partial charge in [-0.25, -0.2) is 0 Å². The molecule has 0 aromatic carbocycles. The van der Waals surface area contributed by atoms with E-state index < -0.39 is 6.09 Å². The Balaban J connectivity index is 2.50. The lowest BCUT2D eigenvalue weighted by molar-refractivity contribution is -0.266. The molecule has 4 nitrogen and oxygen atoms in total.